The molecule has 1 atom stereocenters. The Morgan fingerprint density at radius 1 is 0.892 bits per heavy atom. The van der Waals surface area contributed by atoms with E-state index in [1.807, 2.05) is 67.6 Å². The van der Waals surface area contributed by atoms with Crippen molar-refractivity contribution >= 4 is 27.5 Å². The first-order chi connectivity index (χ1) is 17.7. The van der Waals surface area contributed by atoms with E-state index in [0.717, 1.165) is 27.8 Å². The highest BCUT2D eigenvalue weighted by Crippen LogP contribution is 2.23. The van der Waals surface area contributed by atoms with Crippen LogP contribution in [0.15, 0.2) is 84.9 Å². The molecule has 0 bridgehead atoms. The van der Waals surface area contributed by atoms with E-state index in [4.69, 9.17) is 0 Å². The number of carbonyl (C=O) groups excluding carboxylic acids is 2. The van der Waals surface area contributed by atoms with Crippen LogP contribution in [0.4, 0.5) is 10.1 Å². The molecule has 2 amide bonds. The minimum absolute atomic E-state index is 0.0750. The predicted octanol–water partition coefficient (Wildman–Crippen LogP) is 3.76. The van der Waals surface area contributed by atoms with Gasteiger partial charge in [-0.3, -0.25) is 13.9 Å². The molecular weight excluding hydrogens is 493 g/mol. The molecule has 3 aromatic rings. The average Bonchev–Trinajstić information content (AvgIpc) is 2.89. The quantitative estimate of drug-likeness (QED) is 0.390. The number of halogens is 1. The molecule has 0 aromatic heterocycles. The molecular formula is C28H32FN3O4S. The summed E-state index contributed by atoms with van der Waals surface area (Å²) in [5, 5.41) is 2.87. The van der Waals surface area contributed by atoms with E-state index in [1.165, 1.54) is 23.1 Å². The summed E-state index contributed by atoms with van der Waals surface area (Å²) in [5.74, 6) is -1.73. The molecule has 9 heteroatoms. The molecule has 3 aromatic carbocycles. The third-order valence-corrected chi connectivity index (χ3v) is 6.94. The van der Waals surface area contributed by atoms with E-state index in [1.54, 1.807) is 0 Å². The maximum atomic E-state index is 14.6. The third-order valence-electron chi connectivity index (χ3n) is 5.82. The Labute approximate surface area is 218 Å². The number of nitrogens with one attached hydrogen (secondary N) is 1. The number of nitrogens with zero attached hydrogens (tertiary/aromatic N) is 2. The van der Waals surface area contributed by atoms with Crippen molar-refractivity contribution < 1.29 is 22.4 Å². The van der Waals surface area contributed by atoms with Crippen LogP contribution in [0.2, 0.25) is 0 Å². The van der Waals surface area contributed by atoms with Crippen molar-refractivity contribution in [3.05, 3.63) is 102 Å². The third kappa shape index (κ3) is 7.88. The summed E-state index contributed by atoms with van der Waals surface area (Å²) in [5.41, 5.74) is 1.39. The molecule has 3 rings (SSSR count). The Balaban J connectivity index is 2.03. The maximum Gasteiger partial charge on any atom is 0.244 e. The van der Waals surface area contributed by atoms with Crippen LogP contribution >= 0.6 is 0 Å². The minimum Gasteiger partial charge on any atom is -0.354 e. The van der Waals surface area contributed by atoms with Crippen LogP contribution in [0.5, 0.6) is 0 Å². The lowest BCUT2D eigenvalue weighted by Gasteiger charge is -2.33. The molecule has 7 nitrogen and oxygen atoms in total. The zero-order valence-electron chi connectivity index (χ0n) is 21.0. The molecule has 0 heterocycles. The Morgan fingerprint density at radius 3 is 2.03 bits per heavy atom. The molecule has 0 spiro atoms. The first-order valence-electron chi connectivity index (χ1n) is 12.1. The van der Waals surface area contributed by atoms with E-state index in [-0.39, 0.29) is 24.6 Å². The van der Waals surface area contributed by atoms with Crippen molar-refractivity contribution in [3.8, 4) is 0 Å². The lowest BCUT2D eigenvalue weighted by molar-refractivity contribution is -0.140. The predicted molar refractivity (Wildman–Crippen MR) is 143 cm³/mol. The van der Waals surface area contributed by atoms with E-state index >= 15 is 0 Å². The number of carbonyl (C=O) groups is 2. The molecule has 0 fully saturated rings. The summed E-state index contributed by atoms with van der Waals surface area (Å²) in [7, 11) is -4.02. The topological polar surface area (TPSA) is 86.8 Å². The Kier molecular flexibility index (Phi) is 9.79. The molecule has 1 N–H and O–H groups in total. The van der Waals surface area contributed by atoms with Crippen LogP contribution in [0.3, 0.4) is 0 Å². The van der Waals surface area contributed by atoms with Gasteiger partial charge in [-0.1, -0.05) is 79.7 Å². The fraction of sp³-hybridized carbons (Fsp3) is 0.286. The van der Waals surface area contributed by atoms with Crippen molar-refractivity contribution in [1.29, 1.82) is 0 Å². The van der Waals surface area contributed by atoms with Crippen LogP contribution < -0.4 is 9.62 Å². The number of rotatable bonds is 12. The van der Waals surface area contributed by atoms with E-state index in [9.17, 15) is 22.4 Å². The van der Waals surface area contributed by atoms with Crippen molar-refractivity contribution in [1.82, 2.24) is 10.2 Å². The Bertz CT molecular complexity index is 1290. The molecule has 0 aliphatic heterocycles. The smallest absolute Gasteiger partial charge is 0.244 e. The number of hydrogen-bond donors (Lipinski definition) is 1. The normalized spacial score (nSPS) is 12.0. The largest absolute Gasteiger partial charge is 0.354 e. The number of anilines is 1. The van der Waals surface area contributed by atoms with Gasteiger partial charge in [0.2, 0.25) is 21.8 Å². The lowest BCUT2D eigenvalue weighted by atomic mass is 10.0. The Morgan fingerprint density at radius 2 is 1.46 bits per heavy atom. The van der Waals surface area contributed by atoms with Gasteiger partial charge in [-0.05, 0) is 29.7 Å². The number of benzene rings is 3. The highest BCUT2D eigenvalue weighted by atomic mass is 32.2. The van der Waals surface area contributed by atoms with Crippen LogP contribution in [0, 0.1) is 5.82 Å². The van der Waals surface area contributed by atoms with Gasteiger partial charge in [-0.2, -0.15) is 0 Å². The van der Waals surface area contributed by atoms with Crippen molar-refractivity contribution in [2.45, 2.75) is 32.4 Å². The van der Waals surface area contributed by atoms with Gasteiger partial charge >= 0.3 is 0 Å². The molecule has 0 aliphatic rings. The second kappa shape index (κ2) is 13.0. The van der Waals surface area contributed by atoms with Gasteiger partial charge in [-0.15, -0.1) is 0 Å². The van der Waals surface area contributed by atoms with Crippen LogP contribution in [-0.4, -0.2) is 50.5 Å². The van der Waals surface area contributed by atoms with E-state index < -0.39 is 34.3 Å². The SMILES string of the molecule is CCCNC(=O)C(Cc1ccccc1)N(Cc1ccccc1)C(=O)CN(c1ccccc1F)S(C)(=O)=O. The van der Waals surface area contributed by atoms with Crippen molar-refractivity contribution in [3.63, 3.8) is 0 Å². The molecule has 196 valence electrons. The van der Waals surface area contributed by atoms with Crippen LogP contribution in [0.1, 0.15) is 24.5 Å². The highest BCUT2D eigenvalue weighted by Gasteiger charge is 2.33. The Hall–Kier alpha value is -3.72. The maximum absolute atomic E-state index is 14.6. The number of amides is 2. The van der Waals surface area contributed by atoms with Gasteiger partial charge < -0.3 is 10.2 Å². The molecule has 0 saturated heterocycles. The number of hydrogen-bond acceptors (Lipinski definition) is 4. The minimum atomic E-state index is -4.02. The summed E-state index contributed by atoms with van der Waals surface area (Å²) < 4.78 is 40.6. The van der Waals surface area contributed by atoms with E-state index in [0.29, 0.717) is 13.0 Å². The van der Waals surface area contributed by atoms with Crippen molar-refractivity contribution in [2.75, 3.05) is 23.7 Å². The van der Waals surface area contributed by atoms with Gasteiger partial charge in [0.05, 0.1) is 11.9 Å². The van der Waals surface area contributed by atoms with Crippen LogP contribution in [0.25, 0.3) is 0 Å². The fourth-order valence-corrected chi connectivity index (χ4v) is 4.80. The van der Waals surface area contributed by atoms with Crippen molar-refractivity contribution in [2.24, 2.45) is 0 Å². The van der Waals surface area contributed by atoms with Gasteiger partial charge in [0.15, 0.2) is 0 Å². The fourth-order valence-electron chi connectivity index (χ4n) is 3.95. The second-order valence-electron chi connectivity index (χ2n) is 8.72. The molecule has 0 saturated carbocycles. The summed E-state index contributed by atoms with van der Waals surface area (Å²) in [6, 6.07) is 22.9. The van der Waals surface area contributed by atoms with Gasteiger partial charge in [0.1, 0.15) is 18.4 Å². The molecule has 0 aliphatic carbocycles. The standard InChI is InChI=1S/C28H32FN3O4S/c1-3-18-30-28(34)26(19-22-12-6-4-7-13-22)31(20-23-14-8-5-9-15-23)27(33)21-32(37(2,35)36)25-17-11-10-16-24(25)29/h4-17,26H,3,18-21H2,1-2H3,(H,30,34). The monoisotopic (exact) mass is 525 g/mol. The summed E-state index contributed by atoms with van der Waals surface area (Å²) in [6.45, 7) is 1.78. The summed E-state index contributed by atoms with van der Waals surface area (Å²) in [6.07, 6.45) is 1.86. The summed E-state index contributed by atoms with van der Waals surface area (Å²) >= 11 is 0. The summed E-state index contributed by atoms with van der Waals surface area (Å²) in [4.78, 5) is 28.6. The zero-order chi connectivity index (χ0) is 26.8. The van der Waals surface area contributed by atoms with Gasteiger partial charge in [-0.25, -0.2) is 12.8 Å². The van der Waals surface area contributed by atoms with E-state index in [2.05, 4.69) is 5.32 Å². The second-order valence-corrected chi connectivity index (χ2v) is 10.6. The van der Waals surface area contributed by atoms with Gasteiger partial charge in [0.25, 0.3) is 0 Å². The van der Waals surface area contributed by atoms with Crippen LogP contribution in [-0.2, 0) is 32.6 Å². The first kappa shape index (κ1) is 27.9. The molecule has 37 heavy (non-hydrogen) atoms. The molecule has 0 radical (unpaired) electrons. The average molecular weight is 526 g/mol. The zero-order valence-corrected chi connectivity index (χ0v) is 21.8. The highest BCUT2D eigenvalue weighted by molar-refractivity contribution is 7.92. The first-order valence-corrected chi connectivity index (χ1v) is 13.9. The lowest BCUT2D eigenvalue weighted by Crippen LogP contribution is -2.53. The number of para-hydroxylation sites is 1. The number of sulfonamides is 1. The van der Waals surface area contributed by atoms with Gasteiger partial charge in [0, 0.05) is 19.5 Å². The molecule has 1 unspecified atom stereocenters.